The lowest BCUT2D eigenvalue weighted by molar-refractivity contribution is 0.112. The quantitative estimate of drug-likeness (QED) is 0.576. The summed E-state index contributed by atoms with van der Waals surface area (Å²) < 4.78 is 47.2. The van der Waals surface area contributed by atoms with Gasteiger partial charge in [0.15, 0.2) is 9.84 Å². The molecule has 0 aliphatic carbocycles. The zero-order valence-electron chi connectivity index (χ0n) is 10.8. The van der Waals surface area contributed by atoms with Crippen LogP contribution in [0.4, 0.5) is 10.1 Å². The van der Waals surface area contributed by atoms with Gasteiger partial charge in [0.05, 0.1) is 12.4 Å². The van der Waals surface area contributed by atoms with Gasteiger partial charge >= 0.3 is 0 Å². The number of nitrogen functional groups attached to an aromatic ring is 1. The minimum Gasteiger partial charge on any atom is -0.399 e. The first-order valence-electron chi connectivity index (χ1n) is 5.82. The zero-order chi connectivity index (χ0) is 14.3. The molecule has 0 bridgehead atoms. The minimum absolute atomic E-state index is 0.0237. The van der Waals surface area contributed by atoms with Crippen molar-refractivity contribution < 1.29 is 22.3 Å². The standard InChI is InChI=1S/C12H18FNO4S/c1-17-5-2-6-18-7-8-19(15,16)12-4-3-10(14)9-11(12)13/h3-4,9H,2,5-8,14H2,1H3. The zero-order valence-corrected chi connectivity index (χ0v) is 11.6. The van der Waals surface area contributed by atoms with Crippen molar-refractivity contribution in [2.45, 2.75) is 11.3 Å². The first-order chi connectivity index (χ1) is 8.97. The molecule has 19 heavy (non-hydrogen) atoms. The Morgan fingerprint density at radius 1 is 1.26 bits per heavy atom. The van der Waals surface area contributed by atoms with Gasteiger partial charge in [-0.1, -0.05) is 0 Å². The molecule has 0 radical (unpaired) electrons. The maximum atomic E-state index is 13.5. The predicted octanol–water partition coefficient (Wildman–Crippen LogP) is 1.23. The molecule has 1 aromatic rings. The first kappa shape index (κ1) is 15.9. The largest absolute Gasteiger partial charge is 0.399 e. The third-order valence-corrected chi connectivity index (χ3v) is 4.13. The van der Waals surface area contributed by atoms with Crippen molar-refractivity contribution in [3.63, 3.8) is 0 Å². The lowest BCUT2D eigenvalue weighted by Gasteiger charge is -2.07. The maximum Gasteiger partial charge on any atom is 0.183 e. The van der Waals surface area contributed by atoms with E-state index in [2.05, 4.69) is 0 Å². The van der Waals surface area contributed by atoms with E-state index in [1.807, 2.05) is 0 Å². The van der Waals surface area contributed by atoms with E-state index in [0.717, 1.165) is 6.07 Å². The number of methoxy groups -OCH3 is 1. The summed E-state index contributed by atoms with van der Waals surface area (Å²) in [7, 11) is -2.11. The summed E-state index contributed by atoms with van der Waals surface area (Å²) in [6.07, 6.45) is 0.687. The number of rotatable bonds is 8. The van der Waals surface area contributed by atoms with Crippen LogP contribution in [-0.2, 0) is 19.3 Å². The normalized spacial score (nSPS) is 11.7. The van der Waals surface area contributed by atoms with E-state index in [0.29, 0.717) is 19.6 Å². The Hall–Kier alpha value is -1.18. The number of hydrogen-bond donors (Lipinski definition) is 1. The summed E-state index contributed by atoms with van der Waals surface area (Å²) in [5.74, 6) is -1.10. The fraction of sp³-hybridized carbons (Fsp3) is 0.500. The average molecular weight is 291 g/mol. The van der Waals surface area contributed by atoms with Gasteiger partial charge in [-0.2, -0.15) is 0 Å². The molecule has 0 atom stereocenters. The second kappa shape index (κ2) is 7.42. The summed E-state index contributed by atoms with van der Waals surface area (Å²) in [5, 5.41) is 0. The Morgan fingerprint density at radius 2 is 2.00 bits per heavy atom. The van der Waals surface area contributed by atoms with Crippen molar-refractivity contribution in [3.8, 4) is 0 Å². The van der Waals surface area contributed by atoms with Gasteiger partial charge in [0, 0.05) is 26.0 Å². The first-order valence-corrected chi connectivity index (χ1v) is 7.47. The van der Waals surface area contributed by atoms with Crippen molar-refractivity contribution in [1.29, 1.82) is 0 Å². The molecule has 108 valence electrons. The number of anilines is 1. The van der Waals surface area contributed by atoms with E-state index >= 15 is 0 Å². The minimum atomic E-state index is -3.69. The van der Waals surface area contributed by atoms with Crippen LogP contribution in [0.15, 0.2) is 23.1 Å². The SMILES string of the molecule is COCCCOCCS(=O)(=O)c1ccc(N)cc1F. The van der Waals surface area contributed by atoms with Gasteiger partial charge in [-0.05, 0) is 24.6 Å². The molecular weight excluding hydrogens is 273 g/mol. The molecule has 0 heterocycles. The second-order valence-electron chi connectivity index (χ2n) is 3.97. The highest BCUT2D eigenvalue weighted by atomic mass is 32.2. The third kappa shape index (κ3) is 5.14. The Labute approximate surface area is 112 Å². The van der Waals surface area contributed by atoms with Gasteiger partial charge in [0.25, 0.3) is 0 Å². The molecule has 1 rings (SSSR count). The summed E-state index contributed by atoms with van der Waals surface area (Å²) in [6, 6.07) is 3.52. The van der Waals surface area contributed by atoms with Crippen LogP contribution < -0.4 is 5.73 Å². The topological polar surface area (TPSA) is 78.6 Å². The summed E-state index contributed by atoms with van der Waals surface area (Å²) in [5.41, 5.74) is 5.55. The van der Waals surface area contributed by atoms with Crippen LogP contribution in [0.25, 0.3) is 0 Å². The lowest BCUT2D eigenvalue weighted by Crippen LogP contribution is -2.15. The van der Waals surface area contributed by atoms with Crippen molar-refractivity contribution in [2.24, 2.45) is 0 Å². The Bertz CT molecular complexity index is 504. The maximum absolute atomic E-state index is 13.5. The van der Waals surface area contributed by atoms with Gasteiger partial charge in [-0.15, -0.1) is 0 Å². The molecule has 0 aliphatic rings. The average Bonchev–Trinajstić information content (AvgIpc) is 2.33. The molecule has 7 heteroatoms. The van der Waals surface area contributed by atoms with Gasteiger partial charge in [-0.3, -0.25) is 0 Å². The Kier molecular flexibility index (Phi) is 6.20. The monoisotopic (exact) mass is 291 g/mol. The molecule has 2 N–H and O–H groups in total. The highest BCUT2D eigenvalue weighted by Crippen LogP contribution is 2.18. The van der Waals surface area contributed by atoms with Crippen LogP contribution in [0, 0.1) is 5.82 Å². The molecule has 0 fully saturated rings. The molecule has 1 aromatic carbocycles. The summed E-state index contributed by atoms with van der Waals surface area (Å²) >= 11 is 0. The molecule has 0 spiro atoms. The Balaban J connectivity index is 2.52. The Morgan fingerprint density at radius 3 is 2.63 bits per heavy atom. The van der Waals surface area contributed by atoms with Gasteiger partial charge in [0.2, 0.25) is 0 Å². The molecular formula is C12H18FNO4S. The van der Waals surface area contributed by atoms with Crippen LogP contribution in [0.3, 0.4) is 0 Å². The van der Waals surface area contributed by atoms with Crippen LogP contribution in [0.5, 0.6) is 0 Å². The second-order valence-corrected chi connectivity index (χ2v) is 6.05. The number of benzene rings is 1. The number of halogens is 1. The fourth-order valence-corrected chi connectivity index (χ4v) is 2.64. The smallest absolute Gasteiger partial charge is 0.183 e. The predicted molar refractivity (Wildman–Crippen MR) is 70.2 cm³/mol. The van der Waals surface area contributed by atoms with Crippen molar-refractivity contribution in [3.05, 3.63) is 24.0 Å². The molecule has 0 saturated carbocycles. The molecule has 5 nitrogen and oxygen atoms in total. The number of hydrogen-bond acceptors (Lipinski definition) is 5. The molecule has 0 amide bonds. The summed E-state index contributed by atoms with van der Waals surface area (Å²) in [4.78, 5) is -0.345. The van der Waals surface area contributed by atoms with Gasteiger partial charge in [0.1, 0.15) is 10.7 Å². The van der Waals surface area contributed by atoms with Crippen LogP contribution in [0.1, 0.15) is 6.42 Å². The van der Waals surface area contributed by atoms with E-state index < -0.39 is 15.7 Å². The van der Waals surface area contributed by atoms with Crippen molar-refractivity contribution in [2.75, 3.05) is 38.4 Å². The van der Waals surface area contributed by atoms with Crippen molar-refractivity contribution >= 4 is 15.5 Å². The van der Waals surface area contributed by atoms with Crippen molar-refractivity contribution in [1.82, 2.24) is 0 Å². The van der Waals surface area contributed by atoms with Gasteiger partial charge < -0.3 is 15.2 Å². The van der Waals surface area contributed by atoms with E-state index in [-0.39, 0.29) is 22.9 Å². The molecule has 0 saturated heterocycles. The summed E-state index contributed by atoms with van der Waals surface area (Å²) in [6.45, 7) is 0.989. The highest BCUT2D eigenvalue weighted by Gasteiger charge is 2.19. The van der Waals surface area contributed by atoms with E-state index in [4.69, 9.17) is 15.2 Å². The van der Waals surface area contributed by atoms with Gasteiger partial charge in [-0.25, -0.2) is 12.8 Å². The number of nitrogens with two attached hydrogens (primary N) is 1. The highest BCUT2D eigenvalue weighted by molar-refractivity contribution is 7.91. The number of ether oxygens (including phenoxy) is 2. The van der Waals surface area contributed by atoms with Crippen LogP contribution >= 0.6 is 0 Å². The molecule has 0 aromatic heterocycles. The third-order valence-electron chi connectivity index (χ3n) is 2.42. The number of sulfone groups is 1. The van der Waals surface area contributed by atoms with E-state index in [9.17, 15) is 12.8 Å². The molecule has 0 unspecified atom stereocenters. The van der Waals surface area contributed by atoms with E-state index in [1.54, 1.807) is 7.11 Å². The van der Waals surface area contributed by atoms with Crippen LogP contribution in [0.2, 0.25) is 0 Å². The molecule has 0 aliphatic heterocycles. The van der Waals surface area contributed by atoms with E-state index in [1.165, 1.54) is 12.1 Å². The van der Waals surface area contributed by atoms with Crippen LogP contribution in [-0.4, -0.2) is 41.1 Å². The lowest BCUT2D eigenvalue weighted by atomic mass is 10.3. The fourth-order valence-electron chi connectivity index (χ4n) is 1.46.